The summed E-state index contributed by atoms with van der Waals surface area (Å²) in [7, 11) is -4.83. The molecular weight excluding hydrogens is 330 g/mol. The highest BCUT2D eigenvalue weighted by molar-refractivity contribution is 7.90. The van der Waals surface area contributed by atoms with Gasteiger partial charge in [0, 0.05) is 24.9 Å². The van der Waals surface area contributed by atoms with E-state index in [1.807, 2.05) is 0 Å². The summed E-state index contributed by atoms with van der Waals surface area (Å²) in [5.74, 6) is -1.46. The molecule has 0 aliphatic rings. The molecule has 130 valence electrons. The maximum Gasteiger partial charge on any atom is 0.150 e. The van der Waals surface area contributed by atoms with Gasteiger partial charge in [0.1, 0.15) is 31.2 Å². The minimum atomic E-state index is -3.20. The summed E-state index contributed by atoms with van der Waals surface area (Å²) in [5.41, 5.74) is 0. The Kier molecular flexibility index (Phi) is 8.42. The first-order chi connectivity index (χ1) is 9.85. The molecule has 0 radical (unpaired) electrons. The summed E-state index contributed by atoms with van der Waals surface area (Å²) >= 11 is 0. The Morgan fingerprint density at radius 3 is 1.77 bits per heavy atom. The molecule has 7 nitrogen and oxygen atoms in total. The van der Waals surface area contributed by atoms with Crippen molar-refractivity contribution in [3.63, 3.8) is 0 Å². The van der Waals surface area contributed by atoms with Gasteiger partial charge in [-0.2, -0.15) is 0 Å². The fourth-order valence-electron chi connectivity index (χ4n) is 1.99. The van der Waals surface area contributed by atoms with Gasteiger partial charge in [0.25, 0.3) is 0 Å². The van der Waals surface area contributed by atoms with E-state index < -0.39 is 31.6 Å². The van der Waals surface area contributed by atoms with E-state index in [9.17, 15) is 26.4 Å². The third-order valence-corrected chi connectivity index (χ3v) is 5.33. The van der Waals surface area contributed by atoms with E-state index in [0.717, 1.165) is 12.5 Å². The van der Waals surface area contributed by atoms with Gasteiger partial charge in [-0.3, -0.25) is 9.59 Å². The number of Topliss-reactive ketones (excluding diaryl/α,β-unsaturated/α-hetero) is 2. The Labute approximate surface area is 132 Å². The number of nitrogens with one attached hydrogen (secondary N) is 1. The highest BCUT2D eigenvalue weighted by Gasteiger charge is 2.25. The highest BCUT2D eigenvalue weighted by Crippen LogP contribution is 2.14. The second-order valence-corrected chi connectivity index (χ2v) is 10.2. The van der Waals surface area contributed by atoms with Crippen molar-refractivity contribution in [3.8, 4) is 0 Å². The predicted octanol–water partition coefficient (Wildman–Crippen LogP) is -0.392. The standard InChI is InChI=1S/C13H25NO6S2/c1-10(15)11(5-7-21(3,17)18)9-13(16)12(14-2)6-8-22(4,19)20/h11-12,14H,5-9H2,1-4H3/t11-,12+/m1/s1. The first-order valence-electron chi connectivity index (χ1n) is 6.91. The molecule has 0 aromatic rings. The van der Waals surface area contributed by atoms with E-state index in [0.29, 0.717) is 0 Å². The summed E-state index contributed by atoms with van der Waals surface area (Å²) in [5, 5.41) is 2.75. The molecular formula is C13H25NO6S2. The molecule has 0 aromatic heterocycles. The molecule has 0 bridgehead atoms. The SMILES string of the molecule is CN[C@@H](CCS(C)(=O)=O)C(=O)C[C@@H](CCS(C)(=O)=O)C(C)=O. The van der Waals surface area contributed by atoms with Crippen LogP contribution < -0.4 is 5.32 Å². The van der Waals surface area contributed by atoms with Crippen molar-refractivity contribution in [2.45, 2.75) is 32.2 Å². The van der Waals surface area contributed by atoms with Gasteiger partial charge in [0.05, 0.1) is 17.5 Å². The molecule has 0 rings (SSSR count). The van der Waals surface area contributed by atoms with Crippen LogP contribution in [0.1, 0.15) is 26.2 Å². The van der Waals surface area contributed by atoms with E-state index in [1.54, 1.807) is 7.05 Å². The number of sulfone groups is 2. The number of hydrogen-bond acceptors (Lipinski definition) is 7. The van der Waals surface area contributed by atoms with E-state index in [-0.39, 0.29) is 42.3 Å². The van der Waals surface area contributed by atoms with Crippen LogP contribution in [0.3, 0.4) is 0 Å². The van der Waals surface area contributed by atoms with E-state index in [2.05, 4.69) is 5.32 Å². The molecule has 0 aliphatic heterocycles. The molecule has 0 amide bonds. The van der Waals surface area contributed by atoms with E-state index >= 15 is 0 Å². The largest absolute Gasteiger partial charge is 0.311 e. The topological polar surface area (TPSA) is 114 Å². The Morgan fingerprint density at radius 1 is 0.955 bits per heavy atom. The lowest BCUT2D eigenvalue weighted by Gasteiger charge is -2.18. The third kappa shape index (κ3) is 10.0. The number of likely N-dealkylation sites (N-methyl/N-ethyl adjacent to an activating group) is 1. The molecule has 22 heavy (non-hydrogen) atoms. The van der Waals surface area contributed by atoms with Crippen molar-refractivity contribution >= 4 is 31.2 Å². The first-order valence-corrected chi connectivity index (χ1v) is 11.0. The van der Waals surface area contributed by atoms with Crippen LogP contribution in [-0.2, 0) is 29.3 Å². The minimum Gasteiger partial charge on any atom is -0.311 e. The van der Waals surface area contributed by atoms with Crippen molar-refractivity contribution in [1.29, 1.82) is 0 Å². The van der Waals surface area contributed by atoms with Crippen LogP contribution >= 0.6 is 0 Å². The van der Waals surface area contributed by atoms with Crippen molar-refractivity contribution in [3.05, 3.63) is 0 Å². The number of ketones is 2. The lowest BCUT2D eigenvalue weighted by molar-refractivity contribution is -0.127. The number of carbonyl (C=O) groups is 2. The van der Waals surface area contributed by atoms with Crippen molar-refractivity contribution in [2.75, 3.05) is 31.1 Å². The summed E-state index contributed by atoms with van der Waals surface area (Å²) in [4.78, 5) is 23.7. The molecule has 0 saturated carbocycles. The van der Waals surface area contributed by atoms with Gasteiger partial charge in [0.15, 0.2) is 0 Å². The summed E-state index contributed by atoms with van der Waals surface area (Å²) < 4.78 is 44.7. The fourth-order valence-corrected chi connectivity index (χ4v) is 3.37. The molecule has 0 unspecified atom stereocenters. The maximum atomic E-state index is 12.2. The van der Waals surface area contributed by atoms with Crippen LogP contribution in [0.15, 0.2) is 0 Å². The van der Waals surface area contributed by atoms with Gasteiger partial charge in [-0.25, -0.2) is 16.8 Å². The molecule has 9 heteroatoms. The van der Waals surface area contributed by atoms with Gasteiger partial charge < -0.3 is 5.32 Å². The lowest BCUT2D eigenvalue weighted by Crippen LogP contribution is -2.37. The van der Waals surface area contributed by atoms with Crippen LogP contribution in [0.4, 0.5) is 0 Å². The Hall–Kier alpha value is -0.800. The summed E-state index contributed by atoms with van der Waals surface area (Å²) in [6, 6.07) is -0.658. The zero-order chi connectivity index (χ0) is 17.6. The first kappa shape index (κ1) is 21.2. The highest BCUT2D eigenvalue weighted by atomic mass is 32.2. The molecule has 2 atom stereocenters. The monoisotopic (exact) mass is 355 g/mol. The average molecular weight is 355 g/mol. The molecule has 0 saturated heterocycles. The zero-order valence-corrected chi connectivity index (χ0v) is 15.1. The summed E-state index contributed by atoms with van der Waals surface area (Å²) in [6.45, 7) is 1.32. The number of hydrogen-bond donors (Lipinski definition) is 1. The van der Waals surface area contributed by atoms with Gasteiger partial charge in [-0.15, -0.1) is 0 Å². The van der Waals surface area contributed by atoms with Crippen LogP contribution in [0.2, 0.25) is 0 Å². The van der Waals surface area contributed by atoms with Crippen LogP contribution in [0, 0.1) is 5.92 Å². The second kappa shape index (κ2) is 8.73. The van der Waals surface area contributed by atoms with E-state index in [4.69, 9.17) is 0 Å². The quantitative estimate of drug-likeness (QED) is 0.536. The second-order valence-electron chi connectivity index (χ2n) is 5.66. The molecule has 0 fully saturated rings. The van der Waals surface area contributed by atoms with Crippen molar-refractivity contribution in [1.82, 2.24) is 5.32 Å². The predicted molar refractivity (Wildman–Crippen MR) is 85.3 cm³/mol. The molecule has 1 N–H and O–H groups in total. The van der Waals surface area contributed by atoms with Gasteiger partial charge >= 0.3 is 0 Å². The third-order valence-electron chi connectivity index (χ3n) is 3.37. The Balaban J connectivity index is 4.74. The van der Waals surface area contributed by atoms with Crippen molar-refractivity contribution < 1.29 is 26.4 Å². The smallest absolute Gasteiger partial charge is 0.150 e. The van der Waals surface area contributed by atoms with Crippen LogP contribution in [-0.4, -0.2) is 65.5 Å². The minimum absolute atomic E-state index is 0.0832. The average Bonchev–Trinajstić information content (AvgIpc) is 2.32. The molecule has 0 heterocycles. The molecule has 0 spiro atoms. The van der Waals surface area contributed by atoms with Crippen LogP contribution in [0.25, 0.3) is 0 Å². The molecule has 0 aromatic carbocycles. The Bertz CT molecular complexity index is 594. The van der Waals surface area contributed by atoms with Crippen LogP contribution in [0.5, 0.6) is 0 Å². The number of rotatable bonds is 11. The van der Waals surface area contributed by atoms with Crippen molar-refractivity contribution in [2.24, 2.45) is 5.92 Å². The van der Waals surface area contributed by atoms with Gasteiger partial charge in [0.2, 0.25) is 0 Å². The number of carbonyl (C=O) groups excluding carboxylic acids is 2. The Morgan fingerprint density at radius 2 is 1.41 bits per heavy atom. The van der Waals surface area contributed by atoms with Gasteiger partial charge in [-0.1, -0.05) is 0 Å². The maximum absolute atomic E-state index is 12.2. The molecule has 0 aliphatic carbocycles. The normalized spacial score (nSPS) is 15.3. The fraction of sp³-hybridized carbons (Fsp3) is 0.846. The van der Waals surface area contributed by atoms with Gasteiger partial charge in [-0.05, 0) is 26.8 Å². The zero-order valence-electron chi connectivity index (χ0n) is 13.5. The van der Waals surface area contributed by atoms with E-state index in [1.165, 1.54) is 6.92 Å². The summed E-state index contributed by atoms with van der Waals surface area (Å²) in [6.07, 6.45) is 2.32. The lowest BCUT2D eigenvalue weighted by atomic mass is 9.92.